The van der Waals surface area contributed by atoms with Crippen LogP contribution < -0.4 is 4.90 Å². The van der Waals surface area contributed by atoms with Crippen LogP contribution >= 0.6 is 0 Å². The van der Waals surface area contributed by atoms with E-state index < -0.39 is 0 Å². The van der Waals surface area contributed by atoms with Crippen LogP contribution in [0.1, 0.15) is 31.7 Å². The third-order valence-electron chi connectivity index (χ3n) is 4.10. The van der Waals surface area contributed by atoms with Crippen LogP contribution in [0, 0.1) is 0 Å². The Morgan fingerprint density at radius 1 is 1.26 bits per heavy atom. The summed E-state index contributed by atoms with van der Waals surface area (Å²) < 4.78 is 0. The van der Waals surface area contributed by atoms with Crippen LogP contribution in [-0.4, -0.2) is 49.3 Å². The molecule has 3 heteroatoms. The van der Waals surface area contributed by atoms with Gasteiger partial charge < -0.3 is 10.0 Å². The van der Waals surface area contributed by atoms with E-state index in [1.54, 1.807) is 0 Å². The van der Waals surface area contributed by atoms with Gasteiger partial charge in [0, 0.05) is 24.8 Å². The number of rotatable bonds is 3. The lowest BCUT2D eigenvalue weighted by atomic mass is 10.00. The first kappa shape index (κ1) is 14.4. The maximum absolute atomic E-state index is 9.56. The summed E-state index contributed by atoms with van der Waals surface area (Å²) in [5.41, 5.74) is 2.75. The highest BCUT2D eigenvalue weighted by molar-refractivity contribution is 5.55. The van der Waals surface area contributed by atoms with E-state index in [1.807, 2.05) is 0 Å². The number of benzene rings is 1. The van der Waals surface area contributed by atoms with Crippen molar-refractivity contribution in [3.63, 3.8) is 0 Å². The zero-order chi connectivity index (χ0) is 13.8. The van der Waals surface area contributed by atoms with Gasteiger partial charge in [0.25, 0.3) is 0 Å². The van der Waals surface area contributed by atoms with Gasteiger partial charge in [0.05, 0.1) is 6.61 Å². The Morgan fingerprint density at radius 2 is 2.00 bits per heavy atom. The highest BCUT2D eigenvalue weighted by atomic mass is 16.3. The summed E-state index contributed by atoms with van der Waals surface area (Å²) in [5, 5.41) is 9.56. The summed E-state index contributed by atoms with van der Waals surface area (Å²) in [4.78, 5) is 4.72. The van der Waals surface area contributed by atoms with Gasteiger partial charge >= 0.3 is 0 Å². The zero-order valence-electron chi connectivity index (χ0n) is 12.3. The third-order valence-corrected chi connectivity index (χ3v) is 4.10. The largest absolute Gasteiger partial charge is 0.395 e. The molecule has 3 nitrogen and oxygen atoms in total. The molecule has 1 aliphatic heterocycles. The zero-order valence-corrected chi connectivity index (χ0v) is 12.3. The molecule has 1 aromatic rings. The number of hydrogen-bond donors (Lipinski definition) is 1. The Bertz CT molecular complexity index is 405. The number of anilines is 1. The van der Waals surface area contributed by atoms with E-state index in [1.165, 1.54) is 11.3 Å². The second-order valence-corrected chi connectivity index (χ2v) is 5.83. The van der Waals surface area contributed by atoms with Gasteiger partial charge in [0.1, 0.15) is 0 Å². The van der Waals surface area contributed by atoms with Gasteiger partial charge in [-0.05, 0) is 37.6 Å². The quantitative estimate of drug-likeness (QED) is 0.905. The summed E-state index contributed by atoms with van der Waals surface area (Å²) in [6, 6.07) is 8.91. The van der Waals surface area contributed by atoms with E-state index in [0.717, 1.165) is 26.1 Å². The standard InChI is InChI=1S/C16H26N2O/c1-13(2)15-7-4-5-8-16(15)18-10-6-9-17(3)14(11-18)12-19/h4-5,7-8,13-14,19H,6,9-12H2,1-3H3. The summed E-state index contributed by atoms with van der Waals surface area (Å²) in [5.74, 6) is 0.532. The fraction of sp³-hybridized carbons (Fsp3) is 0.625. The fourth-order valence-electron chi connectivity index (χ4n) is 2.86. The van der Waals surface area contributed by atoms with E-state index in [4.69, 9.17) is 0 Å². The average molecular weight is 262 g/mol. The predicted octanol–water partition coefficient (Wildman–Crippen LogP) is 2.31. The molecule has 2 rings (SSSR count). The van der Waals surface area contributed by atoms with Gasteiger partial charge in [-0.3, -0.25) is 4.90 Å². The maximum atomic E-state index is 9.56. The van der Waals surface area contributed by atoms with Gasteiger partial charge in [-0.25, -0.2) is 0 Å². The van der Waals surface area contributed by atoms with Crippen molar-refractivity contribution < 1.29 is 5.11 Å². The number of para-hydroxylation sites is 1. The van der Waals surface area contributed by atoms with Crippen LogP contribution in [0.3, 0.4) is 0 Å². The molecule has 0 aliphatic carbocycles. The van der Waals surface area contributed by atoms with Gasteiger partial charge in [-0.2, -0.15) is 0 Å². The molecule has 19 heavy (non-hydrogen) atoms. The first-order valence-electron chi connectivity index (χ1n) is 7.28. The van der Waals surface area contributed by atoms with Crippen LogP contribution in [0.5, 0.6) is 0 Å². The molecule has 1 atom stereocenters. The molecule has 1 fully saturated rings. The van der Waals surface area contributed by atoms with Crippen LogP contribution in [0.15, 0.2) is 24.3 Å². The number of aliphatic hydroxyl groups excluding tert-OH is 1. The van der Waals surface area contributed by atoms with Crippen LogP contribution in [0.4, 0.5) is 5.69 Å². The molecule has 1 unspecified atom stereocenters. The molecule has 1 saturated heterocycles. The minimum absolute atomic E-state index is 0.233. The van der Waals surface area contributed by atoms with Gasteiger partial charge in [-0.1, -0.05) is 32.0 Å². The van der Waals surface area contributed by atoms with Gasteiger partial charge in [-0.15, -0.1) is 0 Å². The molecular formula is C16H26N2O. The summed E-state index contributed by atoms with van der Waals surface area (Å²) in [6.45, 7) is 7.77. The van der Waals surface area contributed by atoms with Crippen molar-refractivity contribution in [3.8, 4) is 0 Å². The molecule has 0 bridgehead atoms. The molecule has 1 heterocycles. The lowest BCUT2D eigenvalue weighted by Crippen LogP contribution is -2.41. The van der Waals surface area contributed by atoms with Gasteiger partial charge in [0.2, 0.25) is 0 Å². The van der Waals surface area contributed by atoms with Crippen molar-refractivity contribution in [1.82, 2.24) is 4.90 Å². The van der Waals surface area contributed by atoms with Crippen molar-refractivity contribution in [2.24, 2.45) is 0 Å². The molecule has 0 radical (unpaired) electrons. The highest BCUT2D eigenvalue weighted by Crippen LogP contribution is 2.28. The van der Waals surface area contributed by atoms with Crippen LogP contribution in [-0.2, 0) is 0 Å². The molecule has 1 aromatic carbocycles. The minimum Gasteiger partial charge on any atom is -0.395 e. The molecule has 106 valence electrons. The van der Waals surface area contributed by atoms with Crippen LogP contribution in [0.25, 0.3) is 0 Å². The topological polar surface area (TPSA) is 26.7 Å². The normalized spacial score (nSPS) is 21.7. The molecule has 1 aliphatic rings. The Morgan fingerprint density at radius 3 is 2.68 bits per heavy atom. The van der Waals surface area contributed by atoms with E-state index >= 15 is 0 Å². The molecule has 0 aromatic heterocycles. The van der Waals surface area contributed by atoms with Crippen molar-refractivity contribution in [1.29, 1.82) is 0 Å². The Labute approximate surface area is 116 Å². The smallest absolute Gasteiger partial charge is 0.0603 e. The number of aliphatic hydroxyl groups is 1. The lowest BCUT2D eigenvalue weighted by Gasteiger charge is -2.30. The predicted molar refractivity (Wildman–Crippen MR) is 80.9 cm³/mol. The van der Waals surface area contributed by atoms with E-state index in [9.17, 15) is 5.11 Å². The second kappa shape index (κ2) is 6.40. The lowest BCUT2D eigenvalue weighted by molar-refractivity contribution is 0.159. The monoisotopic (exact) mass is 262 g/mol. The highest BCUT2D eigenvalue weighted by Gasteiger charge is 2.23. The van der Waals surface area contributed by atoms with E-state index in [-0.39, 0.29) is 12.6 Å². The summed E-state index contributed by atoms with van der Waals surface area (Å²) >= 11 is 0. The van der Waals surface area contributed by atoms with Gasteiger partial charge in [0.15, 0.2) is 0 Å². The Hall–Kier alpha value is -1.06. The van der Waals surface area contributed by atoms with E-state index in [0.29, 0.717) is 5.92 Å². The third kappa shape index (κ3) is 3.28. The second-order valence-electron chi connectivity index (χ2n) is 5.83. The van der Waals surface area contributed by atoms with Crippen molar-refractivity contribution in [2.45, 2.75) is 32.2 Å². The van der Waals surface area contributed by atoms with Crippen molar-refractivity contribution in [2.75, 3.05) is 38.2 Å². The molecule has 1 N–H and O–H groups in total. The maximum Gasteiger partial charge on any atom is 0.0603 e. The number of nitrogens with zero attached hydrogens (tertiary/aromatic N) is 2. The average Bonchev–Trinajstić information content (AvgIpc) is 2.60. The van der Waals surface area contributed by atoms with Crippen molar-refractivity contribution in [3.05, 3.63) is 29.8 Å². The molecule has 0 amide bonds. The SMILES string of the molecule is CC(C)c1ccccc1N1CCCN(C)C(CO)C1. The Kier molecular flexibility index (Phi) is 4.83. The summed E-state index contributed by atoms with van der Waals surface area (Å²) in [7, 11) is 2.11. The minimum atomic E-state index is 0.233. The summed E-state index contributed by atoms with van der Waals surface area (Å²) in [6.07, 6.45) is 1.15. The Balaban J connectivity index is 2.25. The first-order chi connectivity index (χ1) is 9.13. The first-order valence-corrected chi connectivity index (χ1v) is 7.28. The number of likely N-dealkylation sites (N-methyl/N-ethyl adjacent to an activating group) is 1. The van der Waals surface area contributed by atoms with E-state index in [2.05, 4.69) is 55.0 Å². The molecule has 0 saturated carbocycles. The van der Waals surface area contributed by atoms with Crippen LogP contribution in [0.2, 0.25) is 0 Å². The fourth-order valence-corrected chi connectivity index (χ4v) is 2.86. The molecule has 0 spiro atoms. The molecular weight excluding hydrogens is 236 g/mol. The number of hydrogen-bond acceptors (Lipinski definition) is 3. The van der Waals surface area contributed by atoms with Crippen molar-refractivity contribution >= 4 is 5.69 Å².